The fourth-order valence-electron chi connectivity index (χ4n) is 3.16. The van der Waals surface area contributed by atoms with Crippen molar-refractivity contribution in [3.05, 3.63) is 95.6 Å². The lowest BCUT2D eigenvalue weighted by Crippen LogP contribution is -2.24. The first-order valence-electron chi connectivity index (χ1n) is 10.5. The number of nitrogens with zero attached hydrogens (tertiary/aromatic N) is 4. The van der Waals surface area contributed by atoms with Crippen molar-refractivity contribution in [2.75, 3.05) is 11.9 Å². The van der Waals surface area contributed by atoms with E-state index in [1.165, 1.54) is 0 Å². The Bertz CT molecular complexity index is 1320. The first-order chi connectivity index (χ1) is 16.5. The topological polar surface area (TPSA) is 116 Å². The Morgan fingerprint density at radius 2 is 1.62 bits per heavy atom. The molecule has 1 N–H and O–H groups in total. The van der Waals surface area contributed by atoms with Crippen molar-refractivity contribution < 1.29 is 19.1 Å². The van der Waals surface area contributed by atoms with Crippen molar-refractivity contribution in [1.82, 2.24) is 20.2 Å². The van der Waals surface area contributed by atoms with E-state index in [9.17, 15) is 14.4 Å². The molecule has 3 aromatic carbocycles. The minimum absolute atomic E-state index is 0.227. The Kier molecular flexibility index (Phi) is 6.83. The van der Waals surface area contributed by atoms with Gasteiger partial charge in [0.1, 0.15) is 0 Å². The van der Waals surface area contributed by atoms with Gasteiger partial charge in [-0.1, -0.05) is 72.3 Å². The summed E-state index contributed by atoms with van der Waals surface area (Å²) in [5, 5.41) is 14.6. The molecule has 4 aromatic rings. The van der Waals surface area contributed by atoms with E-state index >= 15 is 0 Å². The third kappa shape index (κ3) is 5.57. The molecular weight excluding hydrogens is 434 g/mol. The van der Waals surface area contributed by atoms with Gasteiger partial charge in [-0.2, -0.15) is 4.80 Å². The molecule has 0 atom stereocenters. The van der Waals surface area contributed by atoms with Gasteiger partial charge in [-0.05, 0) is 24.3 Å². The molecule has 0 aliphatic heterocycles. The number of carbonyl (C=O) groups is 3. The number of rotatable bonds is 8. The molecule has 0 fully saturated rings. The van der Waals surface area contributed by atoms with Crippen LogP contribution in [-0.2, 0) is 20.9 Å². The maximum absolute atomic E-state index is 12.8. The van der Waals surface area contributed by atoms with Crippen molar-refractivity contribution in [2.24, 2.45) is 0 Å². The van der Waals surface area contributed by atoms with Crippen LogP contribution in [0.5, 0.6) is 0 Å². The Hall–Kier alpha value is -4.66. The minimum atomic E-state index is -0.698. The molecule has 9 heteroatoms. The van der Waals surface area contributed by atoms with E-state index in [1.54, 1.807) is 48.5 Å². The van der Waals surface area contributed by atoms with Crippen molar-refractivity contribution in [3.63, 3.8) is 0 Å². The van der Waals surface area contributed by atoms with Crippen LogP contribution in [0.1, 0.15) is 21.5 Å². The quantitative estimate of drug-likeness (QED) is 0.321. The maximum Gasteiger partial charge on any atom is 0.330 e. The number of hydrogen-bond donors (Lipinski definition) is 1. The van der Waals surface area contributed by atoms with Gasteiger partial charge in [-0.15, -0.1) is 10.2 Å². The molecule has 0 aliphatic rings. The molecule has 0 aliphatic carbocycles. The molecule has 0 radical (unpaired) electrons. The fraction of sp³-hybridized carbons (Fsp3) is 0.120. The number of ketones is 1. The lowest BCUT2D eigenvalue weighted by Gasteiger charge is -2.11. The number of ether oxygens (including phenoxy) is 1. The zero-order valence-electron chi connectivity index (χ0n) is 18.3. The van der Waals surface area contributed by atoms with Crippen LogP contribution in [0.2, 0.25) is 0 Å². The van der Waals surface area contributed by atoms with Crippen molar-refractivity contribution >= 4 is 23.3 Å². The van der Waals surface area contributed by atoms with Crippen LogP contribution in [-0.4, -0.2) is 44.5 Å². The van der Waals surface area contributed by atoms with Crippen LogP contribution in [0.4, 0.5) is 5.69 Å². The minimum Gasteiger partial charge on any atom is -0.454 e. The first kappa shape index (κ1) is 22.5. The van der Waals surface area contributed by atoms with Crippen LogP contribution in [0.3, 0.4) is 0 Å². The van der Waals surface area contributed by atoms with Crippen molar-refractivity contribution in [1.29, 1.82) is 0 Å². The highest BCUT2D eigenvalue weighted by molar-refractivity contribution is 6.13. The summed E-state index contributed by atoms with van der Waals surface area (Å²) in [6.45, 7) is 1.15. The molecule has 0 spiro atoms. The van der Waals surface area contributed by atoms with E-state index in [-0.39, 0.29) is 12.3 Å². The second kappa shape index (κ2) is 10.3. The normalized spacial score (nSPS) is 10.5. The average molecular weight is 455 g/mol. The Labute approximate surface area is 195 Å². The van der Waals surface area contributed by atoms with Crippen LogP contribution in [0.15, 0.2) is 78.9 Å². The number of esters is 1. The lowest BCUT2D eigenvalue weighted by atomic mass is 10.0. The number of benzene rings is 3. The number of anilines is 1. The highest BCUT2D eigenvalue weighted by Crippen LogP contribution is 2.19. The van der Waals surface area contributed by atoms with Gasteiger partial charge in [0, 0.05) is 16.7 Å². The SMILES string of the molecule is Cc1ccc(-c2nnn(CC(=O)OCC(=O)Nc3ccccc3C(=O)c3ccccc3)n2)cc1. The summed E-state index contributed by atoms with van der Waals surface area (Å²) in [5.41, 5.74) is 3.04. The van der Waals surface area contributed by atoms with E-state index in [1.807, 2.05) is 37.3 Å². The molecule has 0 unspecified atom stereocenters. The molecular formula is C25H21N5O4. The predicted molar refractivity (Wildman–Crippen MR) is 124 cm³/mol. The smallest absolute Gasteiger partial charge is 0.330 e. The highest BCUT2D eigenvalue weighted by atomic mass is 16.5. The summed E-state index contributed by atoms with van der Waals surface area (Å²) in [7, 11) is 0. The fourth-order valence-corrected chi connectivity index (χ4v) is 3.16. The molecule has 1 aromatic heterocycles. The predicted octanol–water partition coefficient (Wildman–Crippen LogP) is 3.06. The van der Waals surface area contributed by atoms with Gasteiger partial charge in [0.2, 0.25) is 5.82 Å². The van der Waals surface area contributed by atoms with E-state index in [4.69, 9.17) is 4.74 Å². The number of nitrogens with one attached hydrogen (secondary N) is 1. The van der Waals surface area contributed by atoms with Gasteiger partial charge < -0.3 is 10.1 Å². The number of carbonyl (C=O) groups excluding carboxylic acids is 3. The third-order valence-electron chi connectivity index (χ3n) is 4.88. The number of aryl methyl sites for hydroxylation is 1. The largest absolute Gasteiger partial charge is 0.454 e. The van der Waals surface area contributed by atoms with E-state index in [2.05, 4.69) is 20.7 Å². The Balaban J connectivity index is 1.32. The molecule has 0 saturated carbocycles. The zero-order valence-corrected chi connectivity index (χ0v) is 18.3. The number of amides is 1. The second-order valence-electron chi connectivity index (χ2n) is 7.46. The monoisotopic (exact) mass is 455 g/mol. The van der Waals surface area contributed by atoms with E-state index in [0.29, 0.717) is 22.6 Å². The second-order valence-corrected chi connectivity index (χ2v) is 7.46. The molecule has 4 rings (SSSR count). The summed E-state index contributed by atoms with van der Waals surface area (Å²) >= 11 is 0. The number of aromatic nitrogens is 4. The van der Waals surface area contributed by atoms with Gasteiger partial charge in [-0.25, -0.2) is 4.79 Å². The van der Waals surface area contributed by atoms with E-state index in [0.717, 1.165) is 15.9 Å². The van der Waals surface area contributed by atoms with Gasteiger partial charge in [-0.3, -0.25) is 9.59 Å². The lowest BCUT2D eigenvalue weighted by molar-refractivity contribution is -0.148. The molecule has 1 amide bonds. The van der Waals surface area contributed by atoms with Crippen LogP contribution < -0.4 is 5.32 Å². The number of tetrazole rings is 1. The number of hydrogen-bond acceptors (Lipinski definition) is 7. The summed E-state index contributed by atoms with van der Waals surface area (Å²) < 4.78 is 5.03. The maximum atomic E-state index is 12.8. The molecule has 9 nitrogen and oxygen atoms in total. The molecule has 34 heavy (non-hydrogen) atoms. The highest BCUT2D eigenvalue weighted by Gasteiger charge is 2.16. The van der Waals surface area contributed by atoms with Crippen LogP contribution >= 0.6 is 0 Å². The Morgan fingerprint density at radius 3 is 2.38 bits per heavy atom. The van der Waals surface area contributed by atoms with Crippen LogP contribution in [0, 0.1) is 6.92 Å². The average Bonchev–Trinajstić information content (AvgIpc) is 3.32. The molecule has 0 saturated heterocycles. The summed E-state index contributed by atoms with van der Waals surface area (Å²) in [4.78, 5) is 38.4. The third-order valence-corrected chi connectivity index (χ3v) is 4.88. The first-order valence-corrected chi connectivity index (χ1v) is 10.5. The Morgan fingerprint density at radius 1 is 0.912 bits per heavy atom. The molecule has 0 bridgehead atoms. The number of para-hydroxylation sites is 1. The van der Waals surface area contributed by atoms with Gasteiger partial charge in [0.05, 0.1) is 5.69 Å². The molecule has 1 heterocycles. The zero-order chi connectivity index (χ0) is 23.9. The van der Waals surface area contributed by atoms with Crippen LogP contribution in [0.25, 0.3) is 11.4 Å². The standard InChI is InChI=1S/C25H21N5O4/c1-17-11-13-19(14-12-17)25-27-29-30(28-25)15-23(32)34-16-22(31)26-21-10-6-5-9-20(21)24(33)18-7-3-2-4-8-18/h2-14H,15-16H2,1H3,(H,26,31). The molecule has 170 valence electrons. The summed E-state index contributed by atoms with van der Waals surface area (Å²) in [6.07, 6.45) is 0. The van der Waals surface area contributed by atoms with E-state index < -0.39 is 18.5 Å². The van der Waals surface area contributed by atoms with Crippen molar-refractivity contribution in [3.8, 4) is 11.4 Å². The summed E-state index contributed by atoms with van der Waals surface area (Å²) in [6, 6.07) is 23.0. The van der Waals surface area contributed by atoms with Gasteiger partial charge >= 0.3 is 5.97 Å². The summed E-state index contributed by atoms with van der Waals surface area (Å²) in [5.74, 6) is -1.12. The van der Waals surface area contributed by atoms with Gasteiger partial charge in [0.25, 0.3) is 5.91 Å². The van der Waals surface area contributed by atoms with Crippen molar-refractivity contribution in [2.45, 2.75) is 13.5 Å². The van der Waals surface area contributed by atoms with Gasteiger partial charge in [0.15, 0.2) is 18.9 Å².